The maximum atomic E-state index is 5.35. The Bertz CT molecular complexity index is 345. The van der Waals surface area contributed by atoms with E-state index in [4.69, 9.17) is 4.52 Å². The van der Waals surface area contributed by atoms with Crippen molar-refractivity contribution in [3.63, 3.8) is 0 Å². The Balaban J connectivity index is 1.93. The minimum Gasteiger partial charge on any atom is -0.339 e. The maximum absolute atomic E-state index is 5.35. The fourth-order valence-electron chi connectivity index (χ4n) is 2.91. The minimum atomic E-state index is 0.507. The van der Waals surface area contributed by atoms with Crippen molar-refractivity contribution >= 4 is 0 Å². The molecular weight excluding hydrogens is 226 g/mol. The van der Waals surface area contributed by atoms with Crippen LogP contribution >= 0.6 is 0 Å². The summed E-state index contributed by atoms with van der Waals surface area (Å²) in [5, 5.41) is 7.62. The molecule has 0 amide bonds. The Morgan fingerprint density at radius 2 is 2.11 bits per heavy atom. The number of hydrogen-bond acceptors (Lipinski definition) is 4. The number of nitrogens with one attached hydrogen (secondary N) is 1. The van der Waals surface area contributed by atoms with E-state index in [-0.39, 0.29) is 0 Å². The van der Waals surface area contributed by atoms with Gasteiger partial charge in [-0.1, -0.05) is 31.8 Å². The van der Waals surface area contributed by atoms with Crippen LogP contribution in [0.5, 0.6) is 0 Å². The van der Waals surface area contributed by atoms with Crippen LogP contribution < -0.4 is 5.32 Å². The molecule has 2 rings (SSSR count). The van der Waals surface area contributed by atoms with Crippen LogP contribution in [0.2, 0.25) is 0 Å². The van der Waals surface area contributed by atoms with Gasteiger partial charge in [0.15, 0.2) is 5.82 Å². The van der Waals surface area contributed by atoms with Crippen molar-refractivity contribution in [2.24, 2.45) is 5.92 Å². The molecule has 0 spiro atoms. The zero-order valence-corrected chi connectivity index (χ0v) is 11.6. The fourth-order valence-corrected chi connectivity index (χ4v) is 2.91. The molecule has 4 nitrogen and oxygen atoms in total. The molecule has 102 valence electrons. The highest BCUT2D eigenvalue weighted by atomic mass is 16.5. The first-order chi connectivity index (χ1) is 8.83. The molecule has 0 aliphatic heterocycles. The number of aromatic nitrogens is 2. The Hall–Kier alpha value is -0.900. The van der Waals surface area contributed by atoms with Crippen LogP contribution in [0.15, 0.2) is 4.52 Å². The van der Waals surface area contributed by atoms with Gasteiger partial charge in [-0.05, 0) is 31.7 Å². The third-order valence-corrected chi connectivity index (χ3v) is 3.81. The van der Waals surface area contributed by atoms with E-state index in [2.05, 4.69) is 29.3 Å². The monoisotopic (exact) mass is 251 g/mol. The first kappa shape index (κ1) is 13.5. The number of hydrogen-bond donors (Lipinski definition) is 1. The predicted molar refractivity (Wildman–Crippen MR) is 71.4 cm³/mol. The Morgan fingerprint density at radius 3 is 2.78 bits per heavy atom. The summed E-state index contributed by atoms with van der Waals surface area (Å²) in [5.41, 5.74) is 0. The number of likely N-dealkylation sites (N-methyl/N-ethyl adjacent to an activating group) is 1. The second-order valence-corrected chi connectivity index (χ2v) is 5.27. The van der Waals surface area contributed by atoms with Gasteiger partial charge in [-0.3, -0.25) is 0 Å². The Kier molecular flexibility index (Phi) is 5.17. The van der Waals surface area contributed by atoms with Crippen LogP contribution in [-0.2, 0) is 12.8 Å². The van der Waals surface area contributed by atoms with Crippen LogP contribution in [0.25, 0.3) is 0 Å². The summed E-state index contributed by atoms with van der Waals surface area (Å²) in [7, 11) is 0. The van der Waals surface area contributed by atoms with Gasteiger partial charge in [-0.2, -0.15) is 4.98 Å². The summed E-state index contributed by atoms with van der Waals surface area (Å²) in [6, 6.07) is 0.507. The summed E-state index contributed by atoms with van der Waals surface area (Å²) in [6.45, 7) is 5.31. The lowest BCUT2D eigenvalue weighted by molar-refractivity contribution is 0.309. The molecule has 1 unspecified atom stereocenters. The Labute approximate surface area is 110 Å². The molecule has 0 bridgehead atoms. The molecule has 1 N–H and O–H groups in total. The fraction of sp³-hybridized carbons (Fsp3) is 0.857. The first-order valence-corrected chi connectivity index (χ1v) is 7.38. The molecule has 1 aliphatic rings. The third kappa shape index (κ3) is 3.55. The van der Waals surface area contributed by atoms with E-state index in [0.717, 1.165) is 43.4 Å². The quantitative estimate of drug-likeness (QED) is 0.809. The lowest BCUT2D eigenvalue weighted by atomic mass is 9.95. The van der Waals surface area contributed by atoms with E-state index in [1.165, 1.54) is 25.7 Å². The van der Waals surface area contributed by atoms with E-state index in [0.29, 0.717) is 6.04 Å². The molecule has 1 heterocycles. The molecule has 18 heavy (non-hydrogen) atoms. The summed E-state index contributed by atoms with van der Waals surface area (Å²) in [4.78, 5) is 4.48. The lowest BCUT2D eigenvalue weighted by Gasteiger charge is -2.22. The zero-order chi connectivity index (χ0) is 12.8. The van der Waals surface area contributed by atoms with Crippen molar-refractivity contribution in [1.82, 2.24) is 15.5 Å². The van der Waals surface area contributed by atoms with Crippen LogP contribution in [0.1, 0.15) is 57.7 Å². The third-order valence-electron chi connectivity index (χ3n) is 3.81. The summed E-state index contributed by atoms with van der Waals surface area (Å²) < 4.78 is 5.35. The molecule has 1 fully saturated rings. The molecule has 1 aromatic rings. The van der Waals surface area contributed by atoms with E-state index in [1.807, 2.05) is 0 Å². The largest absolute Gasteiger partial charge is 0.339 e. The average Bonchev–Trinajstić information content (AvgIpc) is 3.00. The van der Waals surface area contributed by atoms with Crippen molar-refractivity contribution in [2.45, 2.75) is 64.8 Å². The van der Waals surface area contributed by atoms with E-state index < -0.39 is 0 Å². The van der Waals surface area contributed by atoms with Gasteiger partial charge in [0.25, 0.3) is 0 Å². The van der Waals surface area contributed by atoms with Crippen molar-refractivity contribution in [3.05, 3.63) is 11.7 Å². The molecule has 1 aliphatic carbocycles. The van der Waals surface area contributed by atoms with E-state index in [1.54, 1.807) is 0 Å². The summed E-state index contributed by atoms with van der Waals surface area (Å²) in [6.07, 6.45) is 8.29. The van der Waals surface area contributed by atoms with Gasteiger partial charge in [0.05, 0.1) is 0 Å². The van der Waals surface area contributed by atoms with Crippen LogP contribution in [0, 0.1) is 5.92 Å². The number of nitrogens with zero attached hydrogens (tertiary/aromatic N) is 2. The number of aryl methyl sites for hydroxylation is 1. The molecular formula is C14H25N3O. The topological polar surface area (TPSA) is 51.0 Å². The molecule has 0 saturated heterocycles. The predicted octanol–water partition coefficient (Wildman–Crippen LogP) is 2.73. The lowest BCUT2D eigenvalue weighted by Crippen LogP contribution is -2.37. The standard InChI is InChI=1S/C14H25N3O/c1-3-7-13-16-14(18-17-13)10-12(15-4-2)11-8-5-6-9-11/h11-12,15H,3-10H2,1-2H3. The molecule has 1 aromatic heterocycles. The van der Waals surface area contributed by atoms with Crippen molar-refractivity contribution in [1.29, 1.82) is 0 Å². The van der Waals surface area contributed by atoms with Crippen molar-refractivity contribution < 1.29 is 4.52 Å². The summed E-state index contributed by atoms with van der Waals surface area (Å²) in [5.74, 6) is 2.44. The molecule has 4 heteroatoms. The van der Waals surface area contributed by atoms with Gasteiger partial charge in [0, 0.05) is 18.9 Å². The first-order valence-electron chi connectivity index (χ1n) is 7.38. The van der Waals surface area contributed by atoms with Crippen LogP contribution in [-0.4, -0.2) is 22.7 Å². The average molecular weight is 251 g/mol. The van der Waals surface area contributed by atoms with E-state index in [9.17, 15) is 0 Å². The zero-order valence-electron chi connectivity index (χ0n) is 11.6. The second-order valence-electron chi connectivity index (χ2n) is 5.27. The highest BCUT2D eigenvalue weighted by Crippen LogP contribution is 2.29. The van der Waals surface area contributed by atoms with Gasteiger partial charge in [0.1, 0.15) is 0 Å². The highest BCUT2D eigenvalue weighted by molar-refractivity contribution is 4.92. The molecule has 0 aromatic carbocycles. The molecule has 0 radical (unpaired) electrons. The van der Waals surface area contributed by atoms with Crippen LogP contribution in [0.4, 0.5) is 0 Å². The molecule has 1 atom stereocenters. The second kappa shape index (κ2) is 6.88. The van der Waals surface area contributed by atoms with Crippen molar-refractivity contribution in [3.8, 4) is 0 Å². The van der Waals surface area contributed by atoms with Crippen molar-refractivity contribution in [2.75, 3.05) is 6.54 Å². The van der Waals surface area contributed by atoms with Gasteiger partial charge in [-0.15, -0.1) is 0 Å². The van der Waals surface area contributed by atoms with Crippen LogP contribution in [0.3, 0.4) is 0 Å². The normalized spacial score (nSPS) is 18.3. The van der Waals surface area contributed by atoms with Gasteiger partial charge >= 0.3 is 0 Å². The van der Waals surface area contributed by atoms with E-state index >= 15 is 0 Å². The van der Waals surface area contributed by atoms with Gasteiger partial charge in [0.2, 0.25) is 5.89 Å². The highest BCUT2D eigenvalue weighted by Gasteiger charge is 2.26. The minimum absolute atomic E-state index is 0.507. The SMILES string of the molecule is CCCc1noc(CC(NCC)C2CCCC2)n1. The number of rotatable bonds is 7. The smallest absolute Gasteiger partial charge is 0.228 e. The summed E-state index contributed by atoms with van der Waals surface area (Å²) >= 11 is 0. The Morgan fingerprint density at radius 1 is 1.33 bits per heavy atom. The van der Waals surface area contributed by atoms with Gasteiger partial charge in [-0.25, -0.2) is 0 Å². The molecule has 1 saturated carbocycles. The van der Waals surface area contributed by atoms with Gasteiger partial charge < -0.3 is 9.84 Å². The maximum Gasteiger partial charge on any atom is 0.228 e.